The molecule has 0 saturated heterocycles. The molecule has 358 valence electrons. The molecular weight excluding hydrogens is 861 g/mol. The van der Waals surface area contributed by atoms with E-state index in [2.05, 4.69) is 22.9 Å². The van der Waals surface area contributed by atoms with Crippen LogP contribution in [-0.2, 0) is 46.7 Å². The van der Waals surface area contributed by atoms with E-state index in [4.69, 9.17) is 37.0 Å². The molecule has 0 fully saturated rings. The predicted molar refractivity (Wildman–Crippen MR) is 237 cm³/mol. The van der Waals surface area contributed by atoms with E-state index in [0.29, 0.717) is 30.6 Å². The summed E-state index contributed by atoms with van der Waals surface area (Å²) in [6.07, 6.45) is 3.47. The van der Waals surface area contributed by atoms with Crippen LogP contribution in [-0.4, -0.2) is 79.2 Å². The minimum Gasteiger partial charge on any atom is -0.497 e. The number of benzene rings is 2. The Hall–Kier alpha value is -6.89. The van der Waals surface area contributed by atoms with Crippen molar-refractivity contribution in [3.05, 3.63) is 93.6 Å². The molecular formula is C47H60N4O15. The molecule has 0 radical (unpaired) electrons. The Labute approximate surface area is 382 Å². The molecule has 66 heavy (non-hydrogen) atoms. The minimum atomic E-state index is -1.52. The maximum atomic E-state index is 13.7. The third kappa shape index (κ3) is 15.4. The van der Waals surface area contributed by atoms with Crippen LogP contribution in [0.3, 0.4) is 0 Å². The summed E-state index contributed by atoms with van der Waals surface area (Å²) in [6, 6.07) is 12.6. The van der Waals surface area contributed by atoms with Crippen molar-refractivity contribution in [3.8, 4) is 22.8 Å². The second-order valence-electron chi connectivity index (χ2n) is 16.1. The lowest BCUT2D eigenvalue weighted by molar-refractivity contribution is -0.200. The molecule has 3 N–H and O–H groups in total. The van der Waals surface area contributed by atoms with E-state index >= 15 is 0 Å². The van der Waals surface area contributed by atoms with Gasteiger partial charge in [-0.25, -0.2) is 14.7 Å². The summed E-state index contributed by atoms with van der Waals surface area (Å²) in [7, 11) is 1.57. The molecule has 0 spiro atoms. The van der Waals surface area contributed by atoms with E-state index in [9.17, 15) is 33.6 Å². The molecule has 0 unspecified atom stereocenters. The summed E-state index contributed by atoms with van der Waals surface area (Å²) in [5.41, 5.74) is 0.348. The van der Waals surface area contributed by atoms with E-state index in [0.717, 1.165) is 24.8 Å². The molecule has 2 aromatic heterocycles. The lowest BCUT2D eigenvalue weighted by Crippen LogP contribution is -2.48. The summed E-state index contributed by atoms with van der Waals surface area (Å²) in [5, 5.41) is 9.12. The fourth-order valence-corrected chi connectivity index (χ4v) is 6.74. The van der Waals surface area contributed by atoms with Gasteiger partial charge in [0.2, 0.25) is 12.3 Å². The van der Waals surface area contributed by atoms with Crippen molar-refractivity contribution in [2.24, 2.45) is 5.92 Å². The third-order valence-electron chi connectivity index (χ3n) is 10.0. The highest BCUT2D eigenvalue weighted by atomic mass is 16.7. The van der Waals surface area contributed by atoms with Crippen molar-refractivity contribution >= 4 is 36.1 Å². The Morgan fingerprint density at radius 2 is 1.62 bits per heavy atom. The zero-order valence-electron chi connectivity index (χ0n) is 38.6. The van der Waals surface area contributed by atoms with Gasteiger partial charge in [-0.3, -0.25) is 28.8 Å². The number of hydrogen-bond acceptors (Lipinski definition) is 15. The SMILES string of the molecule is CCCCC[C@@H](C(=O)NCNC(=O)c1ccc(-c2ccc(C(=O)N[C@@H](CC(=O)OC(C)(C)C)C(=O)OCc3oc(=O)oc3C)c(OCC)c2)o1)[C@@H](CC)N(C=O)OCc1ccc(OC)cc1. The lowest BCUT2D eigenvalue weighted by atomic mass is 9.90. The van der Waals surface area contributed by atoms with Crippen LogP contribution in [0.1, 0.15) is 118 Å². The molecule has 19 nitrogen and oxygen atoms in total. The fraction of sp³-hybridized carbons (Fsp3) is 0.468. The molecule has 0 aliphatic rings. The average Bonchev–Trinajstić information content (AvgIpc) is 3.91. The van der Waals surface area contributed by atoms with Gasteiger partial charge in [-0.2, -0.15) is 0 Å². The maximum Gasteiger partial charge on any atom is 0.519 e. The molecule has 0 aliphatic heterocycles. The highest BCUT2D eigenvalue weighted by molar-refractivity contribution is 6.00. The van der Waals surface area contributed by atoms with Crippen molar-refractivity contribution in [1.82, 2.24) is 21.0 Å². The molecule has 2 aromatic carbocycles. The van der Waals surface area contributed by atoms with Gasteiger partial charge in [0, 0.05) is 5.56 Å². The van der Waals surface area contributed by atoms with Crippen LogP contribution in [0.15, 0.2) is 72.6 Å². The topological polar surface area (TPSA) is 244 Å². The number of nitrogens with zero attached hydrogens (tertiary/aromatic N) is 1. The first-order valence-electron chi connectivity index (χ1n) is 21.7. The number of amides is 4. The predicted octanol–water partition coefficient (Wildman–Crippen LogP) is 6.15. The molecule has 2 heterocycles. The van der Waals surface area contributed by atoms with Crippen LogP contribution in [0.4, 0.5) is 0 Å². The first-order chi connectivity index (χ1) is 31.5. The summed E-state index contributed by atoms with van der Waals surface area (Å²) in [4.78, 5) is 96.2. The van der Waals surface area contributed by atoms with Crippen molar-refractivity contribution in [1.29, 1.82) is 0 Å². The summed E-state index contributed by atoms with van der Waals surface area (Å²) < 4.78 is 37.2. The number of aryl methyl sites for hydroxylation is 1. The number of nitrogens with one attached hydrogen (secondary N) is 3. The molecule has 4 rings (SSSR count). The molecule has 0 aliphatic carbocycles. The first kappa shape index (κ1) is 51.7. The molecule has 0 saturated carbocycles. The van der Waals surface area contributed by atoms with E-state index in [1.54, 1.807) is 53.0 Å². The van der Waals surface area contributed by atoms with Crippen LogP contribution >= 0.6 is 0 Å². The number of carbonyl (C=O) groups excluding carboxylic acids is 6. The van der Waals surface area contributed by atoms with Crippen molar-refractivity contribution in [3.63, 3.8) is 0 Å². The van der Waals surface area contributed by atoms with Gasteiger partial charge in [-0.05, 0) is 89.4 Å². The zero-order valence-corrected chi connectivity index (χ0v) is 38.6. The van der Waals surface area contributed by atoms with Gasteiger partial charge in [0.15, 0.2) is 23.9 Å². The normalized spacial score (nSPS) is 12.5. The van der Waals surface area contributed by atoms with Crippen molar-refractivity contribution < 1.29 is 65.8 Å². The summed E-state index contributed by atoms with van der Waals surface area (Å²) in [5.74, 6) is -4.20. The third-order valence-corrected chi connectivity index (χ3v) is 10.0. The van der Waals surface area contributed by atoms with E-state index in [1.807, 2.05) is 19.1 Å². The quantitative estimate of drug-likeness (QED) is 0.0210. The van der Waals surface area contributed by atoms with Gasteiger partial charge in [0.1, 0.15) is 35.5 Å². The summed E-state index contributed by atoms with van der Waals surface area (Å²) >= 11 is 0. The lowest BCUT2D eigenvalue weighted by Gasteiger charge is -2.32. The highest BCUT2D eigenvalue weighted by Gasteiger charge is 2.33. The Kier molecular flexibility index (Phi) is 19.6. The summed E-state index contributed by atoms with van der Waals surface area (Å²) in [6.45, 7) is 11.5. The number of carbonyl (C=O) groups is 6. The second-order valence-corrected chi connectivity index (χ2v) is 16.1. The number of unbranched alkanes of at least 4 members (excludes halogenated alkanes) is 2. The Bertz CT molecular complexity index is 2310. The highest BCUT2D eigenvalue weighted by Crippen LogP contribution is 2.30. The molecule has 3 atom stereocenters. The van der Waals surface area contributed by atoms with Gasteiger partial charge in [-0.1, -0.05) is 51.3 Å². The number of hydrogen-bond donors (Lipinski definition) is 3. The molecule has 4 amide bonds. The molecule has 0 bridgehead atoms. The number of hydroxylamine groups is 2. The first-order valence-corrected chi connectivity index (χ1v) is 21.7. The number of furan rings is 1. The monoisotopic (exact) mass is 920 g/mol. The molecule has 19 heteroatoms. The van der Waals surface area contributed by atoms with Gasteiger partial charge >= 0.3 is 17.8 Å². The van der Waals surface area contributed by atoms with Crippen LogP contribution in [0.5, 0.6) is 11.5 Å². The van der Waals surface area contributed by atoms with Gasteiger partial charge in [0.05, 0.1) is 44.3 Å². The van der Waals surface area contributed by atoms with Crippen LogP contribution < -0.4 is 31.2 Å². The maximum absolute atomic E-state index is 13.7. The number of rotatable bonds is 26. The van der Waals surface area contributed by atoms with Crippen LogP contribution in [0.2, 0.25) is 0 Å². The fourth-order valence-electron chi connectivity index (χ4n) is 6.74. The standard InChI is InChI=1S/C47H60N4O15/c1-9-12-13-14-33(36(10-2)51(28-52)62-25-30-15-18-32(59-8)19-16-30)42(54)48-27-49-44(56)38-22-21-37(64-38)31-17-20-34(39(23-31)60-11-3)43(55)50-35(24-41(53)66-47(5,6)7)45(57)61-26-40-29(4)63-46(58)65-40/h15-23,28,33,35-36H,9-14,24-27H2,1-8H3,(H,48,54)(H,49,56)(H,50,55)/t33-,35+,36-/m1/s1. The van der Waals surface area contributed by atoms with Gasteiger partial charge in [-0.15, -0.1) is 0 Å². The van der Waals surface area contributed by atoms with Crippen molar-refractivity contribution in [2.45, 2.75) is 118 Å². The van der Waals surface area contributed by atoms with Gasteiger partial charge < -0.3 is 48.1 Å². The zero-order chi connectivity index (χ0) is 48.4. The minimum absolute atomic E-state index is 0.00194. The van der Waals surface area contributed by atoms with Crippen LogP contribution in [0, 0.1) is 12.8 Å². The van der Waals surface area contributed by atoms with E-state index < -0.39 is 66.2 Å². The second kappa shape index (κ2) is 25.0. The smallest absolute Gasteiger partial charge is 0.497 e. The number of ether oxygens (including phenoxy) is 4. The Morgan fingerprint density at radius 3 is 2.24 bits per heavy atom. The van der Waals surface area contributed by atoms with Gasteiger partial charge in [0.25, 0.3) is 11.8 Å². The Balaban J connectivity index is 1.42. The number of methoxy groups -OCH3 is 1. The number of esters is 2. The Morgan fingerprint density at radius 1 is 0.879 bits per heavy atom. The largest absolute Gasteiger partial charge is 0.519 e. The van der Waals surface area contributed by atoms with E-state index in [1.165, 1.54) is 36.3 Å². The van der Waals surface area contributed by atoms with Crippen LogP contribution in [0.25, 0.3) is 11.3 Å². The van der Waals surface area contributed by atoms with E-state index in [-0.39, 0.29) is 60.1 Å². The van der Waals surface area contributed by atoms with Crippen molar-refractivity contribution in [2.75, 3.05) is 20.4 Å². The molecule has 4 aromatic rings. The average molecular weight is 921 g/mol.